The minimum Gasteiger partial charge on any atom is -0.313 e. The van der Waals surface area contributed by atoms with Gasteiger partial charge in [0, 0.05) is 18.7 Å². The van der Waals surface area contributed by atoms with Gasteiger partial charge in [0.25, 0.3) is 0 Å². The second-order valence-electron chi connectivity index (χ2n) is 3.90. The molecule has 0 rings (SSSR count). The minimum atomic E-state index is -4.23. The summed E-state index contributed by atoms with van der Waals surface area (Å²) in [6, 6.07) is -0.614. The predicted octanol–water partition coefficient (Wildman–Crippen LogP) is 1.74. The van der Waals surface area contributed by atoms with E-state index < -0.39 is 28.5 Å². The molecule has 0 heterocycles. The summed E-state index contributed by atoms with van der Waals surface area (Å²) in [5.74, 6) is -0.247. The average Bonchev–Trinajstić information content (AvgIpc) is 2.06. The lowest BCUT2D eigenvalue weighted by Crippen LogP contribution is -2.36. The predicted molar refractivity (Wildman–Crippen MR) is 57.1 cm³/mol. The standard InChI is InChI=1S/C9H18F3NO2S/c1-3-6-13-8(7-16(2,14)15)4-5-9(10,11)12/h8,13H,3-7H2,1-2H3. The highest BCUT2D eigenvalue weighted by atomic mass is 32.2. The van der Waals surface area contributed by atoms with Crippen LogP contribution in [-0.2, 0) is 9.84 Å². The van der Waals surface area contributed by atoms with E-state index in [2.05, 4.69) is 5.32 Å². The van der Waals surface area contributed by atoms with Crippen LogP contribution in [0.3, 0.4) is 0 Å². The van der Waals surface area contributed by atoms with Gasteiger partial charge in [0.1, 0.15) is 9.84 Å². The third kappa shape index (κ3) is 10.2. The average molecular weight is 261 g/mol. The molecule has 1 unspecified atom stereocenters. The molecule has 0 saturated heterocycles. The summed E-state index contributed by atoms with van der Waals surface area (Å²) >= 11 is 0. The normalized spacial score (nSPS) is 15.1. The summed E-state index contributed by atoms with van der Waals surface area (Å²) in [5, 5.41) is 2.82. The number of halogens is 3. The zero-order chi connectivity index (χ0) is 12.8. The number of alkyl halides is 3. The molecule has 0 aliphatic rings. The zero-order valence-electron chi connectivity index (χ0n) is 9.47. The van der Waals surface area contributed by atoms with E-state index in [9.17, 15) is 21.6 Å². The Balaban J connectivity index is 4.21. The Morgan fingerprint density at radius 1 is 1.31 bits per heavy atom. The van der Waals surface area contributed by atoms with E-state index in [1.165, 1.54) is 0 Å². The van der Waals surface area contributed by atoms with Crippen LogP contribution in [-0.4, -0.2) is 39.2 Å². The Bertz CT molecular complexity index is 288. The topological polar surface area (TPSA) is 46.2 Å². The second kappa shape index (κ2) is 6.44. The first kappa shape index (κ1) is 15.7. The number of sulfone groups is 1. The van der Waals surface area contributed by atoms with Gasteiger partial charge in [-0.2, -0.15) is 13.2 Å². The van der Waals surface area contributed by atoms with Gasteiger partial charge in [-0.1, -0.05) is 6.92 Å². The summed E-state index contributed by atoms with van der Waals surface area (Å²) in [6.45, 7) is 2.40. The van der Waals surface area contributed by atoms with Crippen molar-refractivity contribution < 1.29 is 21.6 Å². The van der Waals surface area contributed by atoms with Crippen molar-refractivity contribution in [1.82, 2.24) is 5.32 Å². The molecule has 0 fully saturated rings. The van der Waals surface area contributed by atoms with Crippen LogP contribution in [0.25, 0.3) is 0 Å². The Morgan fingerprint density at radius 3 is 2.25 bits per heavy atom. The quantitative estimate of drug-likeness (QED) is 0.759. The molecule has 0 spiro atoms. The highest BCUT2D eigenvalue weighted by Crippen LogP contribution is 2.22. The summed E-state index contributed by atoms with van der Waals surface area (Å²) in [4.78, 5) is 0. The van der Waals surface area contributed by atoms with Crippen LogP contribution in [0.1, 0.15) is 26.2 Å². The Hall–Kier alpha value is -0.300. The molecule has 0 bridgehead atoms. The van der Waals surface area contributed by atoms with Gasteiger partial charge < -0.3 is 5.32 Å². The molecule has 98 valence electrons. The highest BCUT2D eigenvalue weighted by molar-refractivity contribution is 7.90. The first-order valence-corrected chi connectivity index (χ1v) is 7.18. The molecule has 7 heteroatoms. The van der Waals surface area contributed by atoms with E-state index in [0.717, 1.165) is 12.7 Å². The molecule has 0 radical (unpaired) electrons. The number of hydrogen-bond acceptors (Lipinski definition) is 3. The van der Waals surface area contributed by atoms with Crippen molar-refractivity contribution >= 4 is 9.84 Å². The van der Waals surface area contributed by atoms with Crippen LogP contribution >= 0.6 is 0 Å². The molecule has 16 heavy (non-hydrogen) atoms. The van der Waals surface area contributed by atoms with Crippen LogP contribution in [0.5, 0.6) is 0 Å². The largest absolute Gasteiger partial charge is 0.389 e. The van der Waals surface area contributed by atoms with Crippen molar-refractivity contribution in [1.29, 1.82) is 0 Å². The molecule has 1 N–H and O–H groups in total. The lowest BCUT2D eigenvalue weighted by molar-refractivity contribution is -0.136. The van der Waals surface area contributed by atoms with E-state index in [1.807, 2.05) is 6.92 Å². The summed E-state index contributed by atoms with van der Waals surface area (Å²) < 4.78 is 58.0. The molecular formula is C9H18F3NO2S. The van der Waals surface area contributed by atoms with Crippen LogP contribution in [0.15, 0.2) is 0 Å². The van der Waals surface area contributed by atoms with Crippen LogP contribution in [0, 0.1) is 0 Å². The number of hydrogen-bond donors (Lipinski definition) is 1. The van der Waals surface area contributed by atoms with Gasteiger partial charge in [-0.15, -0.1) is 0 Å². The SMILES string of the molecule is CCCNC(CCC(F)(F)F)CS(C)(=O)=O. The first-order chi connectivity index (χ1) is 7.14. The maximum absolute atomic E-state index is 12.0. The molecule has 0 aliphatic heterocycles. The van der Waals surface area contributed by atoms with Crippen molar-refractivity contribution in [3.8, 4) is 0 Å². The van der Waals surface area contributed by atoms with Crippen LogP contribution < -0.4 is 5.32 Å². The number of rotatable bonds is 7. The number of nitrogens with one attached hydrogen (secondary N) is 1. The van der Waals surface area contributed by atoms with Gasteiger partial charge in [0.15, 0.2) is 0 Å². The molecule has 0 aromatic heterocycles. The maximum Gasteiger partial charge on any atom is 0.389 e. The lowest BCUT2D eigenvalue weighted by Gasteiger charge is -2.18. The first-order valence-electron chi connectivity index (χ1n) is 5.12. The lowest BCUT2D eigenvalue weighted by atomic mass is 10.2. The van der Waals surface area contributed by atoms with Crippen molar-refractivity contribution in [2.45, 2.75) is 38.4 Å². The molecule has 0 saturated carbocycles. The Kier molecular flexibility index (Phi) is 6.32. The fourth-order valence-electron chi connectivity index (χ4n) is 1.30. The molecule has 0 aromatic carbocycles. The maximum atomic E-state index is 12.0. The molecule has 3 nitrogen and oxygen atoms in total. The smallest absolute Gasteiger partial charge is 0.313 e. The fourth-order valence-corrected chi connectivity index (χ4v) is 2.31. The van der Waals surface area contributed by atoms with Crippen molar-refractivity contribution in [3.63, 3.8) is 0 Å². The molecule has 0 aliphatic carbocycles. The monoisotopic (exact) mass is 261 g/mol. The van der Waals surface area contributed by atoms with E-state index >= 15 is 0 Å². The second-order valence-corrected chi connectivity index (χ2v) is 6.08. The summed E-state index contributed by atoms with van der Waals surface area (Å²) in [6.07, 6.45) is -3.60. The molecule has 0 amide bonds. The van der Waals surface area contributed by atoms with E-state index in [4.69, 9.17) is 0 Å². The summed E-state index contributed by atoms with van der Waals surface area (Å²) in [7, 11) is -3.25. The highest BCUT2D eigenvalue weighted by Gasteiger charge is 2.29. The van der Waals surface area contributed by atoms with Crippen molar-refractivity contribution in [2.24, 2.45) is 0 Å². The van der Waals surface area contributed by atoms with E-state index in [1.54, 1.807) is 0 Å². The van der Waals surface area contributed by atoms with Gasteiger partial charge >= 0.3 is 6.18 Å². The van der Waals surface area contributed by atoms with Crippen LogP contribution in [0.4, 0.5) is 13.2 Å². The minimum absolute atomic E-state index is 0.198. The van der Waals surface area contributed by atoms with Crippen LogP contribution in [0.2, 0.25) is 0 Å². The van der Waals surface area contributed by atoms with Gasteiger partial charge in [-0.05, 0) is 19.4 Å². The zero-order valence-corrected chi connectivity index (χ0v) is 10.3. The van der Waals surface area contributed by atoms with Gasteiger partial charge in [0.05, 0.1) is 5.75 Å². The van der Waals surface area contributed by atoms with E-state index in [0.29, 0.717) is 6.54 Å². The van der Waals surface area contributed by atoms with Crippen molar-refractivity contribution in [2.75, 3.05) is 18.6 Å². The summed E-state index contributed by atoms with van der Waals surface area (Å²) in [5.41, 5.74) is 0. The molecule has 1 atom stereocenters. The van der Waals surface area contributed by atoms with Gasteiger partial charge in [0.2, 0.25) is 0 Å². The van der Waals surface area contributed by atoms with Gasteiger partial charge in [-0.3, -0.25) is 0 Å². The third-order valence-electron chi connectivity index (χ3n) is 1.96. The molecule has 0 aromatic rings. The Morgan fingerprint density at radius 2 is 1.88 bits per heavy atom. The Labute approximate surface area is 94.3 Å². The fraction of sp³-hybridized carbons (Fsp3) is 1.00. The van der Waals surface area contributed by atoms with Gasteiger partial charge in [-0.25, -0.2) is 8.42 Å². The third-order valence-corrected chi connectivity index (χ3v) is 2.97. The molecular weight excluding hydrogens is 243 g/mol. The van der Waals surface area contributed by atoms with Crippen molar-refractivity contribution in [3.05, 3.63) is 0 Å². The van der Waals surface area contributed by atoms with E-state index in [-0.39, 0.29) is 12.2 Å².